The molecule has 0 aromatic rings. The minimum atomic E-state index is 0.104. The van der Waals surface area contributed by atoms with E-state index < -0.39 is 0 Å². The molecule has 0 radical (unpaired) electrons. The van der Waals surface area contributed by atoms with Gasteiger partial charge in [-0.3, -0.25) is 9.79 Å². The van der Waals surface area contributed by atoms with Crippen LogP contribution in [0.2, 0.25) is 0 Å². The molecule has 6 heteroatoms. The van der Waals surface area contributed by atoms with Gasteiger partial charge in [0.05, 0.1) is 19.8 Å². The normalized spacial score (nSPS) is 21.2. The maximum atomic E-state index is 11.8. The molecule has 2 N–H and O–H groups in total. The van der Waals surface area contributed by atoms with E-state index in [1.54, 1.807) is 7.05 Å². The van der Waals surface area contributed by atoms with Gasteiger partial charge in [-0.25, -0.2) is 0 Å². The summed E-state index contributed by atoms with van der Waals surface area (Å²) in [6.07, 6.45) is 2.39. The molecule has 0 bridgehead atoms. The van der Waals surface area contributed by atoms with Crippen molar-refractivity contribution in [2.75, 3.05) is 39.9 Å². The molecular formula is C11H20N4O2. The van der Waals surface area contributed by atoms with Gasteiger partial charge in [0, 0.05) is 26.2 Å². The Labute approximate surface area is 101 Å². The average molecular weight is 240 g/mol. The predicted octanol–water partition coefficient (Wildman–Crippen LogP) is -0.827. The molecule has 17 heavy (non-hydrogen) atoms. The Morgan fingerprint density at radius 3 is 2.71 bits per heavy atom. The first kappa shape index (κ1) is 12.2. The van der Waals surface area contributed by atoms with E-state index in [0.29, 0.717) is 44.8 Å². The Balaban J connectivity index is 1.70. The van der Waals surface area contributed by atoms with Gasteiger partial charge in [-0.05, 0) is 12.8 Å². The number of guanidine groups is 1. The SMILES string of the molecule is CN=C(NCC(=O)N1CCOCC1)NC1CC1. The summed E-state index contributed by atoms with van der Waals surface area (Å²) >= 11 is 0. The number of morpholine rings is 1. The molecular weight excluding hydrogens is 220 g/mol. The summed E-state index contributed by atoms with van der Waals surface area (Å²) in [5.74, 6) is 0.821. The molecule has 2 aliphatic rings. The van der Waals surface area contributed by atoms with Crippen LogP contribution in [0.5, 0.6) is 0 Å². The smallest absolute Gasteiger partial charge is 0.242 e. The number of carbonyl (C=O) groups excluding carboxylic acids is 1. The Morgan fingerprint density at radius 1 is 1.41 bits per heavy atom. The van der Waals surface area contributed by atoms with Crippen molar-refractivity contribution in [3.8, 4) is 0 Å². The first-order chi connectivity index (χ1) is 8.29. The van der Waals surface area contributed by atoms with Gasteiger partial charge in [0.1, 0.15) is 0 Å². The molecule has 0 aromatic heterocycles. The second kappa shape index (κ2) is 5.86. The Morgan fingerprint density at radius 2 is 2.12 bits per heavy atom. The number of nitrogens with zero attached hydrogens (tertiary/aromatic N) is 2. The minimum absolute atomic E-state index is 0.104. The zero-order valence-electron chi connectivity index (χ0n) is 10.2. The van der Waals surface area contributed by atoms with Gasteiger partial charge in [0.15, 0.2) is 5.96 Å². The van der Waals surface area contributed by atoms with Gasteiger partial charge >= 0.3 is 0 Å². The summed E-state index contributed by atoms with van der Waals surface area (Å²) in [4.78, 5) is 17.7. The molecule has 0 aromatic carbocycles. The highest BCUT2D eigenvalue weighted by atomic mass is 16.5. The summed E-state index contributed by atoms with van der Waals surface area (Å²) in [6.45, 7) is 2.96. The van der Waals surface area contributed by atoms with Crippen LogP contribution in [0.15, 0.2) is 4.99 Å². The third kappa shape index (κ3) is 3.89. The fourth-order valence-corrected chi connectivity index (χ4v) is 1.70. The van der Waals surface area contributed by atoms with Gasteiger partial charge < -0.3 is 20.3 Å². The minimum Gasteiger partial charge on any atom is -0.378 e. The summed E-state index contributed by atoms with van der Waals surface area (Å²) < 4.78 is 5.21. The largest absolute Gasteiger partial charge is 0.378 e. The summed E-state index contributed by atoms with van der Waals surface area (Å²) in [6, 6.07) is 0.541. The molecule has 1 aliphatic heterocycles. The van der Waals surface area contributed by atoms with Crippen molar-refractivity contribution < 1.29 is 9.53 Å². The summed E-state index contributed by atoms with van der Waals surface area (Å²) in [7, 11) is 1.72. The molecule has 6 nitrogen and oxygen atoms in total. The highest BCUT2D eigenvalue weighted by Crippen LogP contribution is 2.18. The number of hydrogen-bond donors (Lipinski definition) is 2. The van der Waals surface area contributed by atoms with Crippen molar-refractivity contribution in [1.82, 2.24) is 15.5 Å². The second-order valence-electron chi connectivity index (χ2n) is 4.34. The van der Waals surface area contributed by atoms with Crippen LogP contribution in [0, 0.1) is 0 Å². The molecule has 1 saturated carbocycles. The third-order valence-electron chi connectivity index (χ3n) is 2.91. The van der Waals surface area contributed by atoms with Crippen molar-refractivity contribution in [2.45, 2.75) is 18.9 Å². The predicted molar refractivity (Wildman–Crippen MR) is 64.9 cm³/mol. The van der Waals surface area contributed by atoms with Gasteiger partial charge in [0.25, 0.3) is 0 Å². The van der Waals surface area contributed by atoms with E-state index in [9.17, 15) is 4.79 Å². The van der Waals surface area contributed by atoms with Crippen molar-refractivity contribution in [2.24, 2.45) is 4.99 Å². The molecule has 1 heterocycles. The maximum Gasteiger partial charge on any atom is 0.242 e. The highest BCUT2D eigenvalue weighted by Gasteiger charge is 2.23. The summed E-state index contributed by atoms with van der Waals surface area (Å²) in [5, 5.41) is 6.29. The van der Waals surface area contributed by atoms with Crippen molar-refractivity contribution in [1.29, 1.82) is 0 Å². The standard InChI is InChI=1S/C11H20N4O2/c1-12-11(14-9-2-3-9)13-8-10(16)15-4-6-17-7-5-15/h9H,2-8H2,1H3,(H2,12,13,14). The Bertz CT molecular complexity index is 296. The lowest BCUT2D eigenvalue weighted by molar-refractivity contribution is -0.134. The summed E-state index contributed by atoms with van der Waals surface area (Å²) in [5.41, 5.74) is 0. The molecule has 96 valence electrons. The van der Waals surface area contributed by atoms with Gasteiger partial charge in [-0.1, -0.05) is 0 Å². The second-order valence-corrected chi connectivity index (χ2v) is 4.34. The van der Waals surface area contributed by atoms with Crippen molar-refractivity contribution in [3.63, 3.8) is 0 Å². The van der Waals surface area contributed by atoms with Crippen LogP contribution in [-0.4, -0.2) is 62.7 Å². The lowest BCUT2D eigenvalue weighted by atomic mass is 10.4. The van der Waals surface area contributed by atoms with E-state index in [2.05, 4.69) is 15.6 Å². The fourth-order valence-electron chi connectivity index (χ4n) is 1.70. The molecule has 1 aliphatic carbocycles. The lowest BCUT2D eigenvalue weighted by Gasteiger charge is -2.27. The van der Waals surface area contributed by atoms with Crippen LogP contribution in [0.4, 0.5) is 0 Å². The number of amides is 1. The first-order valence-electron chi connectivity index (χ1n) is 6.12. The molecule has 0 unspecified atom stereocenters. The van der Waals surface area contributed by atoms with Crippen LogP contribution in [0.1, 0.15) is 12.8 Å². The van der Waals surface area contributed by atoms with Gasteiger partial charge in [-0.15, -0.1) is 0 Å². The van der Waals surface area contributed by atoms with Gasteiger partial charge in [0.2, 0.25) is 5.91 Å². The monoisotopic (exact) mass is 240 g/mol. The molecule has 0 atom stereocenters. The zero-order chi connectivity index (χ0) is 12.1. The molecule has 0 spiro atoms. The highest BCUT2D eigenvalue weighted by molar-refractivity contribution is 5.86. The Kier molecular flexibility index (Phi) is 4.19. The zero-order valence-corrected chi connectivity index (χ0v) is 10.2. The van der Waals surface area contributed by atoms with E-state index in [1.807, 2.05) is 4.90 Å². The number of hydrogen-bond acceptors (Lipinski definition) is 3. The van der Waals surface area contributed by atoms with Crippen LogP contribution < -0.4 is 10.6 Å². The molecule has 1 saturated heterocycles. The number of nitrogens with one attached hydrogen (secondary N) is 2. The van der Waals surface area contributed by atoms with E-state index in [4.69, 9.17) is 4.74 Å². The van der Waals surface area contributed by atoms with E-state index in [-0.39, 0.29) is 5.91 Å². The number of ether oxygens (including phenoxy) is 1. The van der Waals surface area contributed by atoms with Crippen LogP contribution >= 0.6 is 0 Å². The average Bonchev–Trinajstić information content (AvgIpc) is 3.19. The first-order valence-corrected chi connectivity index (χ1v) is 6.12. The lowest BCUT2D eigenvalue weighted by Crippen LogP contribution is -2.48. The number of carbonyl (C=O) groups is 1. The van der Waals surface area contributed by atoms with Crippen molar-refractivity contribution in [3.05, 3.63) is 0 Å². The van der Waals surface area contributed by atoms with E-state index >= 15 is 0 Å². The van der Waals surface area contributed by atoms with Crippen molar-refractivity contribution >= 4 is 11.9 Å². The topological polar surface area (TPSA) is 66.0 Å². The molecule has 2 fully saturated rings. The number of rotatable bonds is 3. The maximum absolute atomic E-state index is 11.8. The molecule has 1 amide bonds. The quantitative estimate of drug-likeness (QED) is 0.499. The van der Waals surface area contributed by atoms with E-state index in [1.165, 1.54) is 12.8 Å². The Hall–Kier alpha value is -1.30. The van der Waals surface area contributed by atoms with Crippen LogP contribution in [-0.2, 0) is 9.53 Å². The fraction of sp³-hybridized carbons (Fsp3) is 0.818. The third-order valence-corrected chi connectivity index (χ3v) is 2.91. The van der Waals surface area contributed by atoms with E-state index in [0.717, 1.165) is 0 Å². The molecule has 2 rings (SSSR count). The van der Waals surface area contributed by atoms with Gasteiger partial charge in [-0.2, -0.15) is 0 Å². The van der Waals surface area contributed by atoms with Crippen LogP contribution in [0.25, 0.3) is 0 Å². The number of aliphatic imine (C=N–C) groups is 1. The van der Waals surface area contributed by atoms with Crippen LogP contribution in [0.3, 0.4) is 0 Å².